The summed E-state index contributed by atoms with van der Waals surface area (Å²) in [4.78, 5) is 12.3. The van der Waals surface area contributed by atoms with Crippen molar-refractivity contribution in [1.29, 1.82) is 0 Å². The lowest BCUT2D eigenvalue weighted by molar-refractivity contribution is 0.0949. The Morgan fingerprint density at radius 3 is 2.83 bits per heavy atom. The highest BCUT2D eigenvalue weighted by Gasteiger charge is 2.21. The first-order valence-electron chi connectivity index (χ1n) is 8.04. The van der Waals surface area contributed by atoms with Crippen molar-refractivity contribution in [3.63, 3.8) is 0 Å². The normalized spacial score (nSPS) is 17.4. The van der Waals surface area contributed by atoms with Gasteiger partial charge in [-0.2, -0.15) is 0 Å². The van der Waals surface area contributed by atoms with Gasteiger partial charge in [0.1, 0.15) is 10.8 Å². The van der Waals surface area contributed by atoms with E-state index in [-0.39, 0.29) is 34.6 Å². The standard InChI is InChI=1S/C18H22ClFO3/c1-3-5-13-7-6-12(11-23-13)10-15(21)14-8-9-16(22-4-2)17(19)18(14)20/h8-9,11,13H,3-7,10H2,1-2H3. The number of carbonyl (C=O) groups is 1. The monoisotopic (exact) mass is 340 g/mol. The number of halogens is 2. The van der Waals surface area contributed by atoms with Crippen LogP contribution >= 0.6 is 11.6 Å². The van der Waals surface area contributed by atoms with E-state index < -0.39 is 5.82 Å². The van der Waals surface area contributed by atoms with E-state index in [2.05, 4.69) is 6.92 Å². The fourth-order valence-electron chi connectivity index (χ4n) is 2.65. The van der Waals surface area contributed by atoms with Crippen LogP contribution in [0.5, 0.6) is 5.75 Å². The fourth-order valence-corrected chi connectivity index (χ4v) is 2.87. The molecule has 126 valence electrons. The van der Waals surface area contributed by atoms with Crippen LogP contribution in [0.15, 0.2) is 24.0 Å². The maximum atomic E-state index is 14.3. The molecule has 1 unspecified atom stereocenters. The molecule has 0 aromatic heterocycles. The summed E-state index contributed by atoms with van der Waals surface area (Å²) in [5.41, 5.74) is 0.891. The van der Waals surface area contributed by atoms with E-state index in [1.165, 1.54) is 12.1 Å². The van der Waals surface area contributed by atoms with Gasteiger partial charge in [-0.05, 0) is 43.9 Å². The van der Waals surface area contributed by atoms with Crippen molar-refractivity contribution < 1.29 is 18.7 Å². The maximum absolute atomic E-state index is 14.3. The number of ether oxygens (including phenoxy) is 2. The first-order valence-corrected chi connectivity index (χ1v) is 8.41. The highest BCUT2D eigenvalue weighted by Crippen LogP contribution is 2.31. The first-order chi connectivity index (χ1) is 11.1. The number of allylic oxidation sites excluding steroid dienone is 1. The first kappa shape index (κ1) is 17.8. The molecule has 0 amide bonds. The minimum absolute atomic E-state index is 0.00460. The summed E-state index contributed by atoms with van der Waals surface area (Å²) >= 11 is 5.93. The van der Waals surface area contributed by atoms with Gasteiger partial charge in [0, 0.05) is 6.42 Å². The molecule has 23 heavy (non-hydrogen) atoms. The lowest BCUT2D eigenvalue weighted by Gasteiger charge is -2.22. The third kappa shape index (κ3) is 4.47. The molecule has 0 aliphatic carbocycles. The Hall–Kier alpha value is -1.55. The lowest BCUT2D eigenvalue weighted by Crippen LogP contribution is -2.16. The van der Waals surface area contributed by atoms with E-state index in [0.29, 0.717) is 6.61 Å². The van der Waals surface area contributed by atoms with Gasteiger partial charge in [-0.15, -0.1) is 0 Å². The van der Waals surface area contributed by atoms with E-state index in [9.17, 15) is 9.18 Å². The summed E-state index contributed by atoms with van der Waals surface area (Å²) < 4.78 is 25.1. The molecule has 0 N–H and O–H groups in total. The van der Waals surface area contributed by atoms with Gasteiger partial charge >= 0.3 is 0 Å². The predicted octanol–water partition coefficient (Wildman–Crippen LogP) is 5.31. The topological polar surface area (TPSA) is 35.5 Å². The van der Waals surface area contributed by atoms with Crippen LogP contribution in [0.2, 0.25) is 5.02 Å². The Morgan fingerprint density at radius 2 is 2.22 bits per heavy atom. The minimum atomic E-state index is -0.719. The van der Waals surface area contributed by atoms with Crippen molar-refractivity contribution in [2.75, 3.05) is 6.61 Å². The SMILES string of the molecule is CCCC1CCC(CC(=O)c2ccc(OCC)c(Cl)c2F)=CO1. The Kier molecular flexibility index (Phi) is 6.46. The largest absolute Gasteiger partial charge is 0.498 e. The number of hydrogen-bond acceptors (Lipinski definition) is 3. The Morgan fingerprint density at radius 1 is 1.43 bits per heavy atom. The molecule has 1 aromatic rings. The molecule has 2 rings (SSSR count). The average molecular weight is 341 g/mol. The second kappa shape index (κ2) is 8.34. The predicted molar refractivity (Wildman–Crippen MR) is 88.6 cm³/mol. The van der Waals surface area contributed by atoms with Gasteiger partial charge in [0.2, 0.25) is 0 Å². The second-order valence-corrected chi connectivity index (χ2v) is 6.01. The van der Waals surface area contributed by atoms with Crippen LogP contribution in [-0.4, -0.2) is 18.5 Å². The van der Waals surface area contributed by atoms with Crippen LogP contribution in [0.4, 0.5) is 4.39 Å². The Balaban J connectivity index is 2.05. The zero-order valence-corrected chi connectivity index (χ0v) is 14.3. The quantitative estimate of drug-likeness (QED) is 0.631. The second-order valence-electron chi connectivity index (χ2n) is 5.63. The molecule has 1 heterocycles. The number of ketones is 1. The van der Waals surface area contributed by atoms with Crippen molar-refractivity contribution in [2.24, 2.45) is 0 Å². The van der Waals surface area contributed by atoms with E-state index >= 15 is 0 Å². The highest BCUT2D eigenvalue weighted by atomic mass is 35.5. The fraction of sp³-hybridized carbons (Fsp3) is 0.500. The van der Waals surface area contributed by atoms with Crippen molar-refractivity contribution >= 4 is 17.4 Å². The van der Waals surface area contributed by atoms with Gasteiger partial charge in [0.25, 0.3) is 0 Å². The van der Waals surface area contributed by atoms with E-state index in [4.69, 9.17) is 21.1 Å². The highest BCUT2D eigenvalue weighted by molar-refractivity contribution is 6.32. The minimum Gasteiger partial charge on any atom is -0.498 e. The lowest BCUT2D eigenvalue weighted by atomic mass is 9.96. The van der Waals surface area contributed by atoms with Gasteiger partial charge in [0.15, 0.2) is 11.6 Å². The van der Waals surface area contributed by atoms with Crippen molar-refractivity contribution in [3.8, 4) is 5.75 Å². The third-order valence-corrected chi connectivity index (χ3v) is 4.21. The van der Waals surface area contributed by atoms with Gasteiger partial charge in [-0.25, -0.2) is 4.39 Å². The summed E-state index contributed by atoms with van der Waals surface area (Å²) in [5, 5.41) is -0.144. The zero-order chi connectivity index (χ0) is 16.8. The van der Waals surface area contributed by atoms with Crippen LogP contribution in [0.1, 0.15) is 56.3 Å². The summed E-state index contributed by atoms with van der Waals surface area (Å²) in [5.74, 6) is -0.758. The number of benzene rings is 1. The molecule has 0 fully saturated rings. The van der Waals surface area contributed by atoms with Crippen LogP contribution in [-0.2, 0) is 4.74 Å². The van der Waals surface area contributed by atoms with Gasteiger partial charge < -0.3 is 9.47 Å². The van der Waals surface area contributed by atoms with Gasteiger partial charge in [-0.1, -0.05) is 24.9 Å². The molecule has 0 saturated heterocycles. The van der Waals surface area contributed by atoms with Crippen LogP contribution < -0.4 is 4.74 Å². The molecule has 1 aliphatic rings. The summed E-state index contributed by atoms with van der Waals surface area (Å²) in [6.07, 6.45) is 5.84. The summed E-state index contributed by atoms with van der Waals surface area (Å²) in [7, 11) is 0. The van der Waals surface area contributed by atoms with Crippen LogP contribution in [0.3, 0.4) is 0 Å². The number of hydrogen-bond donors (Lipinski definition) is 0. The van der Waals surface area contributed by atoms with Gasteiger partial charge in [-0.3, -0.25) is 4.79 Å². The molecule has 5 heteroatoms. The zero-order valence-electron chi connectivity index (χ0n) is 13.5. The summed E-state index contributed by atoms with van der Waals surface area (Å²) in [6.45, 7) is 4.29. The smallest absolute Gasteiger partial charge is 0.170 e. The van der Waals surface area contributed by atoms with E-state index in [0.717, 1.165) is 31.3 Å². The molecule has 1 aromatic carbocycles. The molecular formula is C18H22ClFO3. The van der Waals surface area contributed by atoms with Gasteiger partial charge in [0.05, 0.1) is 24.5 Å². The third-order valence-electron chi connectivity index (χ3n) is 3.86. The van der Waals surface area contributed by atoms with Crippen molar-refractivity contribution in [2.45, 2.75) is 52.1 Å². The Labute approximate surface area is 141 Å². The van der Waals surface area contributed by atoms with Crippen molar-refractivity contribution in [1.82, 2.24) is 0 Å². The number of Topliss-reactive ketones (excluding diaryl/α,β-unsaturated/α-hetero) is 1. The molecule has 3 nitrogen and oxygen atoms in total. The van der Waals surface area contributed by atoms with Crippen LogP contribution in [0, 0.1) is 5.82 Å². The Bertz CT molecular complexity index is 598. The molecule has 1 aliphatic heterocycles. The van der Waals surface area contributed by atoms with Crippen LogP contribution in [0.25, 0.3) is 0 Å². The maximum Gasteiger partial charge on any atom is 0.170 e. The molecular weight excluding hydrogens is 319 g/mol. The molecule has 0 bridgehead atoms. The molecule has 0 radical (unpaired) electrons. The molecule has 1 atom stereocenters. The van der Waals surface area contributed by atoms with E-state index in [1.54, 1.807) is 13.2 Å². The molecule has 0 saturated carbocycles. The van der Waals surface area contributed by atoms with Crippen molar-refractivity contribution in [3.05, 3.63) is 40.4 Å². The summed E-state index contributed by atoms with van der Waals surface area (Å²) in [6, 6.07) is 2.96. The van der Waals surface area contributed by atoms with E-state index in [1.807, 2.05) is 0 Å². The average Bonchev–Trinajstić information content (AvgIpc) is 2.54. The molecule has 0 spiro atoms. The number of rotatable bonds is 7. The number of carbonyl (C=O) groups excluding carboxylic acids is 1.